The fraction of sp³-hybridized carbons (Fsp3) is 0.667. The third kappa shape index (κ3) is 3.67. The van der Waals surface area contributed by atoms with Crippen molar-refractivity contribution >= 4 is 17.6 Å². The summed E-state index contributed by atoms with van der Waals surface area (Å²) in [4.78, 5) is 8.71. The first kappa shape index (κ1) is 13.3. The highest BCUT2D eigenvalue weighted by Crippen LogP contribution is 2.26. The van der Waals surface area contributed by atoms with Crippen molar-refractivity contribution in [2.75, 3.05) is 17.6 Å². The molecule has 1 N–H and O–H groups in total. The number of hydrogen-bond acceptors (Lipinski definition) is 4. The highest BCUT2D eigenvalue weighted by molar-refractivity contribution is 7.99. The number of hydrogen-bond donors (Lipinski definition) is 1. The summed E-state index contributed by atoms with van der Waals surface area (Å²) in [5.74, 6) is 2.14. The van der Waals surface area contributed by atoms with Crippen LogP contribution in [0.3, 0.4) is 0 Å². The lowest BCUT2D eigenvalue weighted by molar-refractivity contribution is 0.854. The van der Waals surface area contributed by atoms with Gasteiger partial charge in [-0.3, -0.25) is 0 Å². The third-order valence-corrected chi connectivity index (χ3v) is 3.43. The molecule has 0 aromatic carbocycles. The molecule has 1 heterocycles. The zero-order chi connectivity index (χ0) is 11.8. The second-order valence-corrected chi connectivity index (χ2v) is 4.72. The lowest BCUT2D eigenvalue weighted by Gasteiger charge is -2.12. The minimum atomic E-state index is 0.908. The van der Waals surface area contributed by atoms with E-state index in [4.69, 9.17) is 0 Å². The fourth-order valence-electron chi connectivity index (χ4n) is 1.51. The van der Waals surface area contributed by atoms with E-state index in [0.29, 0.717) is 0 Å². The first-order valence-electron chi connectivity index (χ1n) is 6.03. The van der Waals surface area contributed by atoms with Gasteiger partial charge in [-0.05, 0) is 25.5 Å². The molecule has 90 valence electrons. The molecule has 0 aliphatic carbocycles. The van der Waals surface area contributed by atoms with Crippen molar-refractivity contribution in [3.05, 3.63) is 11.9 Å². The molecule has 0 spiro atoms. The van der Waals surface area contributed by atoms with Crippen molar-refractivity contribution in [3.63, 3.8) is 0 Å². The van der Waals surface area contributed by atoms with Crippen LogP contribution in [0.4, 0.5) is 5.82 Å². The molecule has 0 aliphatic rings. The molecule has 0 saturated carbocycles. The molecule has 1 rings (SSSR count). The Morgan fingerprint density at radius 3 is 2.62 bits per heavy atom. The molecule has 0 aliphatic heterocycles. The molecule has 4 heteroatoms. The number of rotatable bonds is 7. The summed E-state index contributed by atoms with van der Waals surface area (Å²) in [6.45, 7) is 7.39. The van der Waals surface area contributed by atoms with E-state index in [0.717, 1.165) is 36.0 Å². The second kappa shape index (κ2) is 7.49. The zero-order valence-electron chi connectivity index (χ0n) is 10.4. The Hall–Kier alpha value is -0.770. The zero-order valence-corrected chi connectivity index (χ0v) is 11.2. The van der Waals surface area contributed by atoms with Gasteiger partial charge in [0, 0.05) is 12.1 Å². The van der Waals surface area contributed by atoms with E-state index in [1.807, 2.05) is 11.8 Å². The number of thioether (sulfide) groups is 1. The Kier molecular flexibility index (Phi) is 6.23. The average Bonchev–Trinajstić information content (AvgIpc) is 2.30. The number of aromatic nitrogens is 2. The molecule has 3 nitrogen and oxygen atoms in total. The molecule has 1 aromatic rings. The second-order valence-electron chi connectivity index (χ2n) is 3.63. The smallest absolute Gasteiger partial charge is 0.133 e. The van der Waals surface area contributed by atoms with E-state index in [9.17, 15) is 0 Å². The molecule has 0 saturated heterocycles. The average molecular weight is 239 g/mol. The van der Waals surface area contributed by atoms with Crippen LogP contribution in [0.25, 0.3) is 0 Å². The molecule has 16 heavy (non-hydrogen) atoms. The monoisotopic (exact) mass is 239 g/mol. The highest BCUT2D eigenvalue weighted by atomic mass is 32.2. The minimum absolute atomic E-state index is 0.908. The fourth-order valence-corrected chi connectivity index (χ4v) is 2.41. The molecule has 0 unspecified atom stereocenters. The van der Waals surface area contributed by atoms with Gasteiger partial charge in [-0.2, -0.15) is 0 Å². The molecule has 0 amide bonds. The van der Waals surface area contributed by atoms with Crippen LogP contribution in [0.1, 0.15) is 39.2 Å². The summed E-state index contributed by atoms with van der Waals surface area (Å²) in [7, 11) is 0. The molecule has 0 bridgehead atoms. The van der Waals surface area contributed by atoms with E-state index in [2.05, 4.69) is 36.1 Å². The first-order valence-corrected chi connectivity index (χ1v) is 7.02. The maximum absolute atomic E-state index is 4.39. The number of nitrogens with zero attached hydrogens (tertiary/aromatic N) is 2. The Labute approximate surface area is 102 Å². The molecular formula is C12H21N3S. The van der Waals surface area contributed by atoms with Gasteiger partial charge in [-0.1, -0.05) is 20.3 Å². The third-order valence-electron chi connectivity index (χ3n) is 2.19. The predicted molar refractivity (Wildman–Crippen MR) is 71.2 cm³/mol. The summed E-state index contributed by atoms with van der Waals surface area (Å²) in [6, 6.07) is 0. The van der Waals surface area contributed by atoms with Gasteiger partial charge in [0.15, 0.2) is 0 Å². The minimum Gasteiger partial charge on any atom is -0.370 e. The first-order chi connectivity index (χ1) is 7.83. The van der Waals surface area contributed by atoms with Gasteiger partial charge in [0.2, 0.25) is 0 Å². The quantitative estimate of drug-likeness (QED) is 0.585. The van der Waals surface area contributed by atoms with Gasteiger partial charge in [0.05, 0.1) is 0 Å². The van der Waals surface area contributed by atoms with Gasteiger partial charge >= 0.3 is 0 Å². The van der Waals surface area contributed by atoms with E-state index in [1.54, 1.807) is 6.33 Å². The van der Waals surface area contributed by atoms with Crippen LogP contribution in [-0.2, 0) is 6.42 Å². The van der Waals surface area contributed by atoms with Crippen molar-refractivity contribution in [2.45, 2.75) is 45.1 Å². The Morgan fingerprint density at radius 2 is 2.00 bits per heavy atom. The normalized spacial score (nSPS) is 10.4. The van der Waals surface area contributed by atoms with E-state index in [1.165, 1.54) is 12.0 Å². The van der Waals surface area contributed by atoms with Crippen LogP contribution in [-0.4, -0.2) is 22.3 Å². The molecule has 0 atom stereocenters. The van der Waals surface area contributed by atoms with Gasteiger partial charge < -0.3 is 5.32 Å². The summed E-state index contributed by atoms with van der Waals surface area (Å²) < 4.78 is 0. The maximum atomic E-state index is 4.39. The van der Waals surface area contributed by atoms with Crippen molar-refractivity contribution in [3.8, 4) is 0 Å². The van der Waals surface area contributed by atoms with Gasteiger partial charge in [-0.25, -0.2) is 9.97 Å². The molecule has 1 aromatic heterocycles. The standard InChI is InChI=1S/C12H21N3S/c1-4-7-10-11(13-6-3)14-9-15-12(10)16-8-5-2/h9H,4-8H2,1-3H3,(H,13,14,15). The topological polar surface area (TPSA) is 37.8 Å². The predicted octanol–water partition coefficient (Wildman–Crippen LogP) is 3.36. The largest absolute Gasteiger partial charge is 0.370 e. The summed E-state index contributed by atoms with van der Waals surface area (Å²) in [5, 5.41) is 4.46. The molecule has 0 fully saturated rings. The lowest BCUT2D eigenvalue weighted by Crippen LogP contribution is -2.06. The number of nitrogens with one attached hydrogen (secondary N) is 1. The van der Waals surface area contributed by atoms with Crippen molar-refractivity contribution in [1.29, 1.82) is 0 Å². The van der Waals surface area contributed by atoms with Crippen LogP contribution in [0.5, 0.6) is 0 Å². The Bertz CT molecular complexity index is 315. The van der Waals surface area contributed by atoms with Crippen molar-refractivity contribution in [1.82, 2.24) is 9.97 Å². The SMILES string of the molecule is CCCSc1ncnc(NCC)c1CCC. The summed E-state index contributed by atoms with van der Waals surface area (Å²) in [5.41, 5.74) is 1.28. The van der Waals surface area contributed by atoms with Crippen LogP contribution >= 0.6 is 11.8 Å². The molecular weight excluding hydrogens is 218 g/mol. The summed E-state index contributed by atoms with van der Waals surface area (Å²) >= 11 is 1.84. The molecule has 0 radical (unpaired) electrons. The van der Waals surface area contributed by atoms with Gasteiger partial charge in [0.1, 0.15) is 17.2 Å². The van der Waals surface area contributed by atoms with Crippen molar-refractivity contribution < 1.29 is 0 Å². The lowest BCUT2D eigenvalue weighted by atomic mass is 10.2. The van der Waals surface area contributed by atoms with E-state index in [-0.39, 0.29) is 0 Å². The van der Waals surface area contributed by atoms with Crippen LogP contribution in [0, 0.1) is 0 Å². The highest BCUT2D eigenvalue weighted by Gasteiger charge is 2.09. The Morgan fingerprint density at radius 1 is 1.19 bits per heavy atom. The van der Waals surface area contributed by atoms with Crippen molar-refractivity contribution in [2.24, 2.45) is 0 Å². The van der Waals surface area contributed by atoms with Crippen LogP contribution in [0.2, 0.25) is 0 Å². The Balaban J connectivity index is 2.90. The van der Waals surface area contributed by atoms with Gasteiger partial charge in [-0.15, -0.1) is 11.8 Å². The summed E-state index contributed by atoms with van der Waals surface area (Å²) in [6.07, 6.45) is 5.02. The van der Waals surface area contributed by atoms with Gasteiger partial charge in [0.25, 0.3) is 0 Å². The number of anilines is 1. The van der Waals surface area contributed by atoms with E-state index < -0.39 is 0 Å². The van der Waals surface area contributed by atoms with E-state index >= 15 is 0 Å². The maximum Gasteiger partial charge on any atom is 0.133 e. The van der Waals surface area contributed by atoms with Crippen LogP contribution < -0.4 is 5.32 Å². The van der Waals surface area contributed by atoms with Crippen LogP contribution in [0.15, 0.2) is 11.4 Å².